The monoisotopic (exact) mass is 289 g/mol. The first-order valence-corrected chi connectivity index (χ1v) is 8.21. The molecule has 19 heavy (non-hydrogen) atoms. The van der Waals surface area contributed by atoms with Crippen molar-refractivity contribution in [3.05, 3.63) is 11.4 Å². The van der Waals surface area contributed by atoms with E-state index in [2.05, 4.69) is 4.85 Å². The van der Waals surface area contributed by atoms with Crippen molar-refractivity contribution in [1.82, 2.24) is 0 Å². The zero-order chi connectivity index (χ0) is 14.0. The Hall–Kier alpha value is -0.680. The quantitative estimate of drug-likeness (QED) is 0.577. The average molecular weight is 289 g/mol. The summed E-state index contributed by atoms with van der Waals surface area (Å²) in [7, 11) is -3.43. The SMILES string of the molecule is [C-]#[N+]C1(CCOS(C)(=O)=O)CCC2(CC1)OCCO2. The molecule has 1 aliphatic carbocycles. The molecule has 0 aromatic rings. The van der Waals surface area contributed by atoms with Crippen LogP contribution in [0.4, 0.5) is 0 Å². The van der Waals surface area contributed by atoms with Gasteiger partial charge < -0.3 is 14.3 Å². The van der Waals surface area contributed by atoms with E-state index in [-0.39, 0.29) is 6.61 Å². The van der Waals surface area contributed by atoms with E-state index in [1.165, 1.54) is 0 Å². The van der Waals surface area contributed by atoms with Crippen LogP contribution in [0.2, 0.25) is 0 Å². The molecule has 0 aromatic carbocycles. The van der Waals surface area contributed by atoms with Crippen LogP contribution >= 0.6 is 0 Å². The average Bonchev–Trinajstić information content (AvgIpc) is 2.80. The van der Waals surface area contributed by atoms with Gasteiger partial charge >= 0.3 is 0 Å². The number of hydrogen-bond donors (Lipinski definition) is 0. The summed E-state index contributed by atoms with van der Waals surface area (Å²) in [5, 5.41) is 0. The lowest BCUT2D eigenvalue weighted by Gasteiger charge is -2.36. The molecule has 0 atom stereocenters. The highest BCUT2D eigenvalue weighted by Crippen LogP contribution is 2.43. The fraction of sp³-hybridized carbons (Fsp3) is 0.917. The van der Waals surface area contributed by atoms with Crippen LogP contribution < -0.4 is 0 Å². The summed E-state index contributed by atoms with van der Waals surface area (Å²) in [5.74, 6) is -0.494. The summed E-state index contributed by atoms with van der Waals surface area (Å²) in [6.07, 6.45) is 4.14. The largest absolute Gasteiger partial charge is 0.348 e. The standard InChI is InChI=1S/C12H19NO5S/c1-13-11(7-8-18-19(2,14)15)3-5-12(6-4-11)16-9-10-17-12/h3-10H2,2H3. The minimum absolute atomic E-state index is 0.0654. The maximum Gasteiger partial charge on any atom is 0.264 e. The van der Waals surface area contributed by atoms with E-state index < -0.39 is 21.4 Å². The lowest BCUT2D eigenvalue weighted by atomic mass is 9.77. The summed E-state index contributed by atoms with van der Waals surface area (Å²) >= 11 is 0. The fourth-order valence-corrected chi connectivity index (χ4v) is 3.07. The molecule has 0 bridgehead atoms. The van der Waals surface area contributed by atoms with Crippen molar-refractivity contribution < 1.29 is 22.1 Å². The van der Waals surface area contributed by atoms with Gasteiger partial charge in [-0.2, -0.15) is 8.42 Å². The van der Waals surface area contributed by atoms with Gasteiger partial charge in [-0.15, -0.1) is 0 Å². The lowest BCUT2D eigenvalue weighted by Crippen LogP contribution is -2.42. The molecule has 1 spiro atoms. The highest BCUT2D eigenvalue weighted by Gasteiger charge is 2.49. The van der Waals surface area contributed by atoms with Crippen molar-refractivity contribution in [2.24, 2.45) is 0 Å². The Balaban J connectivity index is 1.89. The molecule has 0 aromatic heterocycles. The van der Waals surface area contributed by atoms with Crippen LogP contribution in [-0.4, -0.2) is 45.8 Å². The highest BCUT2D eigenvalue weighted by atomic mass is 32.2. The Morgan fingerprint density at radius 2 is 1.79 bits per heavy atom. The van der Waals surface area contributed by atoms with Gasteiger partial charge in [-0.3, -0.25) is 4.18 Å². The molecule has 1 saturated carbocycles. The van der Waals surface area contributed by atoms with Crippen LogP contribution in [0.15, 0.2) is 0 Å². The molecule has 1 saturated heterocycles. The van der Waals surface area contributed by atoms with Crippen molar-refractivity contribution in [3.8, 4) is 0 Å². The van der Waals surface area contributed by atoms with Crippen LogP contribution in [0.5, 0.6) is 0 Å². The highest BCUT2D eigenvalue weighted by molar-refractivity contribution is 7.85. The van der Waals surface area contributed by atoms with Gasteiger partial charge in [0.25, 0.3) is 10.1 Å². The van der Waals surface area contributed by atoms with Gasteiger partial charge in [0.15, 0.2) is 5.79 Å². The van der Waals surface area contributed by atoms with E-state index in [4.69, 9.17) is 20.2 Å². The van der Waals surface area contributed by atoms with Crippen molar-refractivity contribution in [3.63, 3.8) is 0 Å². The zero-order valence-electron chi connectivity index (χ0n) is 11.1. The Morgan fingerprint density at radius 1 is 1.21 bits per heavy atom. The van der Waals surface area contributed by atoms with E-state index >= 15 is 0 Å². The Morgan fingerprint density at radius 3 is 2.26 bits per heavy atom. The molecule has 2 aliphatic rings. The van der Waals surface area contributed by atoms with Gasteiger partial charge in [0, 0.05) is 25.7 Å². The van der Waals surface area contributed by atoms with Crippen molar-refractivity contribution in [1.29, 1.82) is 0 Å². The molecule has 0 radical (unpaired) electrons. The molecule has 6 nitrogen and oxygen atoms in total. The third-order valence-corrected chi connectivity index (χ3v) is 4.45. The number of ether oxygens (including phenoxy) is 2. The van der Waals surface area contributed by atoms with Crippen LogP contribution in [0.25, 0.3) is 4.85 Å². The molecule has 7 heteroatoms. The van der Waals surface area contributed by atoms with Crippen molar-refractivity contribution in [2.45, 2.75) is 43.4 Å². The number of nitrogens with zero attached hydrogens (tertiary/aromatic N) is 1. The molecule has 0 N–H and O–H groups in total. The normalized spacial score (nSPS) is 25.3. The summed E-state index contributed by atoms with van der Waals surface area (Å²) in [5.41, 5.74) is -0.536. The van der Waals surface area contributed by atoms with Crippen LogP contribution in [-0.2, 0) is 23.8 Å². The molecule has 2 fully saturated rings. The van der Waals surface area contributed by atoms with Gasteiger partial charge in [-0.1, -0.05) is 0 Å². The van der Waals surface area contributed by atoms with Crippen LogP contribution in [0.1, 0.15) is 32.1 Å². The molecule has 2 rings (SSSR count). The second kappa shape index (κ2) is 5.37. The summed E-state index contributed by atoms with van der Waals surface area (Å²) < 4.78 is 37.9. The molecule has 108 valence electrons. The topological polar surface area (TPSA) is 66.2 Å². The van der Waals surface area contributed by atoms with Crippen LogP contribution in [0, 0.1) is 6.57 Å². The van der Waals surface area contributed by atoms with E-state index in [9.17, 15) is 8.42 Å². The minimum atomic E-state index is -3.43. The smallest absolute Gasteiger partial charge is 0.264 e. The number of rotatable bonds is 4. The van der Waals surface area contributed by atoms with Gasteiger partial charge in [0.2, 0.25) is 5.54 Å². The minimum Gasteiger partial charge on any atom is -0.348 e. The third-order valence-electron chi connectivity index (χ3n) is 3.86. The molecular formula is C12H19NO5S. The first-order chi connectivity index (χ1) is 8.89. The van der Waals surface area contributed by atoms with E-state index in [1.54, 1.807) is 0 Å². The van der Waals surface area contributed by atoms with Crippen molar-refractivity contribution >= 4 is 10.1 Å². The molecule has 0 amide bonds. The van der Waals surface area contributed by atoms with Gasteiger partial charge in [0.1, 0.15) is 0 Å². The summed E-state index contributed by atoms with van der Waals surface area (Å²) in [4.78, 5) is 3.72. The zero-order valence-corrected chi connectivity index (χ0v) is 11.9. The predicted molar refractivity (Wildman–Crippen MR) is 67.8 cm³/mol. The van der Waals surface area contributed by atoms with Gasteiger partial charge in [-0.05, 0) is 0 Å². The molecule has 1 heterocycles. The second-order valence-corrected chi connectivity index (χ2v) is 6.86. The molecule has 0 unspecified atom stereocenters. The molecule has 1 aliphatic heterocycles. The Labute approximate surface area is 114 Å². The van der Waals surface area contributed by atoms with Crippen LogP contribution in [0.3, 0.4) is 0 Å². The first-order valence-electron chi connectivity index (χ1n) is 6.40. The van der Waals surface area contributed by atoms with Crippen molar-refractivity contribution in [2.75, 3.05) is 26.1 Å². The van der Waals surface area contributed by atoms with E-state index in [0.717, 1.165) is 6.26 Å². The maximum atomic E-state index is 10.9. The lowest BCUT2D eigenvalue weighted by molar-refractivity contribution is -0.182. The maximum absolute atomic E-state index is 10.9. The van der Waals surface area contributed by atoms with Gasteiger partial charge in [0.05, 0.1) is 32.5 Å². The first kappa shape index (κ1) is 14.7. The predicted octanol–water partition coefficient (Wildman–Crippen LogP) is 1.33. The van der Waals surface area contributed by atoms with E-state index in [0.29, 0.717) is 45.3 Å². The Kier molecular flexibility index (Phi) is 4.16. The summed E-state index contributed by atoms with van der Waals surface area (Å²) in [6.45, 7) is 8.67. The number of hydrogen-bond acceptors (Lipinski definition) is 5. The second-order valence-electron chi connectivity index (χ2n) is 5.22. The summed E-state index contributed by atoms with van der Waals surface area (Å²) in [6, 6.07) is 0. The third kappa shape index (κ3) is 3.66. The van der Waals surface area contributed by atoms with Gasteiger partial charge in [-0.25, -0.2) is 6.57 Å². The van der Waals surface area contributed by atoms with E-state index in [1.807, 2.05) is 0 Å². The fourth-order valence-electron chi connectivity index (χ4n) is 2.68. The molecular weight excluding hydrogens is 270 g/mol. The Bertz CT molecular complexity index is 451.